The monoisotopic (exact) mass is 477 g/mol. The zero-order valence-electron chi connectivity index (χ0n) is 17.7. The molecule has 0 radical (unpaired) electrons. The van der Waals surface area contributed by atoms with E-state index in [4.69, 9.17) is 16.0 Å². The largest absolute Gasteiger partial charge is 0.467 e. The molecule has 33 heavy (non-hydrogen) atoms. The van der Waals surface area contributed by atoms with Crippen molar-refractivity contribution >= 4 is 40.9 Å². The SMILES string of the molecule is Cc1ccc(N2C(=O)C(Cc3ccc(Cl)cc3)S/C2=C(/C#N)C(=O)NCc2ccco2)cc1. The fourth-order valence-corrected chi connectivity index (χ4v) is 4.85. The summed E-state index contributed by atoms with van der Waals surface area (Å²) < 4.78 is 5.24. The zero-order chi connectivity index (χ0) is 23.4. The number of nitrogens with one attached hydrogen (secondary N) is 1. The molecule has 8 heteroatoms. The minimum atomic E-state index is -0.562. The lowest BCUT2D eigenvalue weighted by molar-refractivity contribution is -0.117. The Morgan fingerprint density at radius 2 is 1.91 bits per heavy atom. The van der Waals surface area contributed by atoms with Crippen molar-refractivity contribution in [3.8, 4) is 6.07 Å². The number of rotatable bonds is 6. The Morgan fingerprint density at radius 3 is 2.55 bits per heavy atom. The quantitative estimate of drug-likeness (QED) is 0.399. The van der Waals surface area contributed by atoms with Gasteiger partial charge in [0.15, 0.2) is 0 Å². The molecule has 1 unspecified atom stereocenters. The summed E-state index contributed by atoms with van der Waals surface area (Å²) in [7, 11) is 0. The Kier molecular flexibility index (Phi) is 6.87. The highest BCUT2D eigenvalue weighted by Crippen LogP contribution is 2.42. The topological polar surface area (TPSA) is 86.3 Å². The summed E-state index contributed by atoms with van der Waals surface area (Å²) in [6.45, 7) is 2.09. The van der Waals surface area contributed by atoms with Crippen LogP contribution in [0.2, 0.25) is 5.02 Å². The Morgan fingerprint density at radius 1 is 1.18 bits per heavy atom. The van der Waals surface area contributed by atoms with Gasteiger partial charge in [0.25, 0.3) is 5.91 Å². The van der Waals surface area contributed by atoms with Crippen molar-refractivity contribution in [3.05, 3.63) is 99.4 Å². The molecular formula is C25H20ClN3O3S. The normalized spacial score (nSPS) is 17.1. The molecule has 166 valence electrons. The first-order valence-electron chi connectivity index (χ1n) is 10.2. The fraction of sp³-hybridized carbons (Fsp3) is 0.160. The van der Waals surface area contributed by atoms with Crippen LogP contribution >= 0.6 is 23.4 Å². The van der Waals surface area contributed by atoms with Gasteiger partial charge in [0.05, 0.1) is 18.1 Å². The maximum absolute atomic E-state index is 13.4. The second-order valence-corrected chi connectivity index (χ2v) is 9.13. The highest BCUT2D eigenvalue weighted by Gasteiger charge is 2.40. The Balaban J connectivity index is 1.67. The van der Waals surface area contributed by atoms with Crippen LogP contribution in [0.5, 0.6) is 0 Å². The second-order valence-electron chi connectivity index (χ2n) is 7.50. The van der Waals surface area contributed by atoms with E-state index < -0.39 is 11.2 Å². The summed E-state index contributed by atoms with van der Waals surface area (Å²) in [6.07, 6.45) is 1.95. The lowest BCUT2D eigenvalue weighted by atomic mass is 10.1. The number of carbonyl (C=O) groups is 2. The van der Waals surface area contributed by atoms with Gasteiger partial charge in [-0.25, -0.2) is 0 Å². The number of hydrogen-bond acceptors (Lipinski definition) is 5. The van der Waals surface area contributed by atoms with E-state index in [1.807, 2.05) is 49.4 Å². The van der Waals surface area contributed by atoms with Gasteiger partial charge < -0.3 is 9.73 Å². The second kappa shape index (κ2) is 9.99. The smallest absolute Gasteiger partial charge is 0.265 e. The van der Waals surface area contributed by atoms with Gasteiger partial charge in [-0.05, 0) is 55.3 Å². The number of anilines is 1. The molecule has 2 aromatic carbocycles. The number of hydrogen-bond donors (Lipinski definition) is 1. The average Bonchev–Trinajstić information content (AvgIpc) is 3.44. The molecule has 1 atom stereocenters. The predicted molar refractivity (Wildman–Crippen MR) is 128 cm³/mol. The van der Waals surface area contributed by atoms with Gasteiger partial charge in [0.2, 0.25) is 5.91 Å². The van der Waals surface area contributed by atoms with E-state index in [0.717, 1.165) is 11.1 Å². The van der Waals surface area contributed by atoms with Crippen LogP contribution < -0.4 is 10.2 Å². The van der Waals surface area contributed by atoms with E-state index in [1.54, 1.807) is 24.3 Å². The van der Waals surface area contributed by atoms with Crippen LogP contribution in [-0.2, 0) is 22.6 Å². The van der Waals surface area contributed by atoms with Gasteiger partial charge >= 0.3 is 0 Å². The van der Waals surface area contributed by atoms with Crippen molar-refractivity contribution in [1.29, 1.82) is 5.26 Å². The molecule has 6 nitrogen and oxygen atoms in total. The van der Waals surface area contributed by atoms with E-state index >= 15 is 0 Å². The van der Waals surface area contributed by atoms with E-state index in [2.05, 4.69) is 5.32 Å². The van der Waals surface area contributed by atoms with Crippen molar-refractivity contribution in [3.63, 3.8) is 0 Å². The predicted octanol–water partition coefficient (Wildman–Crippen LogP) is 4.98. The molecule has 4 rings (SSSR count). The number of benzene rings is 2. The van der Waals surface area contributed by atoms with Gasteiger partial charge in [-0.1, -0.05) is 53.2 Å². The van der Waals surface area contributed by atoms with Crippen LogP contribution in [0.3, 0.4) is 0 Å². The minimum Gasteiger partial charge on any atom is -0.467 e. The van der Waals surface area contributed by atoms with E-state index in [-0.39, 0.29) is 18.0 Å². The molecular weight excluding hydrogens is 458 g/mol. The van der Waals surface area contributed by atoms with Crippen LogP contribution in [0.4, 0.5) is 5.69 Å². The van der Waals surface area contributed by atoms with Gasteiger partial charge in [0, 0.05) is 10.7 Å². The Bertz CT molecular complexity index is 1230. The van der Waals surface area contributed by atoms with Crippen LogP contribution in [-0.4, -0.2) is 17.1 Å². The number of furan rings is 1. The van der Waals surface area contributed by atoms with Gasteiger partial charge in [-0.15, -0.1) is 0 Å². The van der Waals surface area contributed by atoms with E-state index in [9.17, 15) is 14.9 Å². The molecule has 1 aromatic heterocycles. The van der Waals surface area contributed by atoms with Crippen molar-refractivity contribution < 1.29 is 14.0 Å². The van der Waals surface area contributed by atoms with Crippen LogP contribution in [0.25, 0.3) is 0 Å². The number of aryl methyl sites for hydroxylation is 1. The summed E-state index contributed by atoms with van der Waals surface area (Å²) in [6, 6.07) is 20.2. The molecule has 0 spiro atoms. The molecule has 1 aliphatic heterocycles. The van der Waals surface area contributed by atoms with E-state index in [0.29, 0.717) is 27.9 Å². The number of thioether (sulfide) groups is 1. The number of nitrogens with zero attached hydrogens (tertiary/aromatic N) is 2. The van der Waals surface area contributed by atoms with Gasteiger partial charge in [-0.2, -0.15) is 5.26 Å². The molecule has 3 aromatic rings. The summed E-state index contributed by atoms with van der Waals surface area (Å²) in [5, 5.41) is 13.0. The molecule has 0 bridgehead atoms. The van der Waals surface area contributed by atoms with Crippen molar-refractivity contribution in [2.45, 2.75) is 25.1 Å². The zero-order valence-corrected chi connectivity index (χ0v) is 19.3. The first-order valence-corrected chi connectivity index (χ1v) is 11.5. The number of nitriles is 1. The molecule has 1 N–H and O–H groups in total. The van der Waals surface area contributed by atoms with Crippen molar-refractivity contribution in [2.75, 3.05) is 4.90 Å². The van der Waals surface area contributed by atoms with E-state index in [1.165, 1.54) is 22.9 Å². The fourth-order valence-electron chi connectivity index (χ4n) is 3.42. The highest BCUT2D eigenvalue weighted by molar-refractivity contribution is 8.05. The van der Waals surface area contributed by atoms with Crippen LogP contribution in [0.1, 0.15) is 16.9 Å². The molecule has 0 aliphatic carbocycles. The van der Waals surface area contributed by atoms with Crippen LogP contribution in [0.15, 0.2) is 81.9 Å². The molecule has 1 saturated heterocycles. The molecule has 0 saturated carbocycles. The maximum atomic E-state index is 13.4. The number of halogens is 1. The highest BCUT2D eigenvalue weighted by atomic mass is 35.5. The lowest BCUT2D eigenvalue weighted by Gasteiger charge is -2.19. The summed E-state index contributed by atoms with van der Waals surface area (Å²) in [5.41, 5.74) is 2.48. The van der Waals surface area contributed by atoms with Gasteiger partial charge in [0.1, 0.15) is 22.4 Å². The standard InChI is InChI=1S/C25H20ClN3O3S/c1-16-4-10-19(11-5-16)29-24(31)22(13-17-6-8-18(26)9-7-17)33-25(29)21(14-27)23(30)28-15-20-3-2-12-32-20/h2-12,22H,13,15H2,1H3,(H,28,30)/b25-21-. The third-order valence-electron chi connectivity index (χ3n) is 5.14. The first kappa shape index (κ1) is 22.7. The molecule has 2 amide bonds. The Hall–Kier alpha value is -3.47. The van der Waals surface area contributed by atoms with Gasteiger partial charge in [-0.3, -0.25) is 14.5 Å². The Labute approximate surface area is 200 Å². The summed E-state index contributed by atoms with van der Waals surface area (Å²) >= 11 is 7.21. The third kappa shape index (κ3) is 5.14. The molecule has 1 aliphatic rings. The molecule has 2 heterocycles. The minimum absolute atomic E-state index is 0.112. The molecule has 1 fully saturated rings. The first-order chi connectivity index (χ1) is 16.0. The van der Waals surface area contributed by atoms with Crippen molar-refractivity contribution in [1.82, 2.24) is 5.32 Å². The third-order valence-corrected chi connectivity index (χ3v) is 6.65. The lowest BCUT2D eigenvalue weighted by Crippen LogP contribution is -2.32. The average molecular weight is 478 g/mol. The summed E-state index contributed by atoms with van der Waals surface area (Å²) in [4.78, 5) is 27.8. The maximum Gasteiger partial charge on any atom is 0.265 e. The van der Waals surface area contributed by atoms with Crippen LogP contribution in [0, 0.1) is 18.3 Å². The van der Waals surface area contributed by atoms with Crippen molar-refractivity contribution in [2.24, 2.45) is 0 Å². The number of amides is 2. The summed E-state index contributed by atoms with van der Waals surface area (Å²) in [5.74, 6) is -0.175. The number of carbonyl (C=O) groups excluding carboxylic acids is 2.